The summed E-state index contributed by atoms with van der Waals surface area (Å²) in [6.07, 6.45) is 5.20. The van der Waals surface area contributed by atoms with Gasteiger partial charge in [-0.15, -0.1) is 0 Å². The fraction of sp³-hybridized carbons (Fsp3) is 0.421. The van der Waals surface area contributed by atoms with Gasteiger partial charge in [-0.2, -0.15) is 0 Å². The molecule has 4 heterocycles. The molecule has 3 aliphatic rings. The number of halogens is 1. The van der Waals surface area contributed by atoms with Crippen molar-refractivity contribution in [2.75, 3.05) is 6.79 Å². The number of hydrogen-bond acceptors (Lipinski definition) is 4. The average molecular weight is 343 g/mol. The zero-order valence-electron chi connectivity index (χ0n) is 13.6. The van der Waals surface area contributed by atoms with E-state index in [0.717, 1.165) is 29.5 Å². The fourth-order valence-electron chi connectivity index (χ4n) is 4.35. The highest BCUT2D eigenvalue weighted by Gasteiger charge is 2.40. The maximum atomic E-state index is 6.20. The summed E-state index contributed by atoms with van der Waals surface area (Å²) in [6.45, 7) is 3.41. The molecular formula is C19H19ClN2O2. The van der Waals surface area contributed by atoms with E-state index < -0.39 is 0 Å². The molecule has 4 nitrogen and oxygen atoms in total. The standard InChI is InChI=1S/C19H19ClN2O2/c1-11-4-18-19(24-10-23-18)5-12(11)9-22-14-2-3-17(22)15-6-13(20)8-21-16(15)7-14/h4-6,8,14,17H,2-3,7,9-10H2,1H3. The Morgan fingerprint density at radius 2 is 2.04 bits per heavy atom. The lowest BCUT2D eigenvalue weighted by atomic mass is 9.96. The number of hydrogen-bond donors (Lipinski definition) is 0. The van der Waals surface area contributed by atoms with Gasteiger partial charge in [0.25, 0.3) is 0 Å². The molecule has 124 valence electrons. The van der Waals surface area contributed by atoms with E-state index in [4.69, 9.17) is 21.1 Å². The van der Waals surface area contributed by atoms with Crippen LogP contribution < -0.4 is 9.47 Å². The second-order valence-electron chi connectivity index (χ2n) is 6.94. The quantitative estimate of drug-likeness (QED) is 0.825. The van der Waals surface area contributed by atoms with Crippen molar-refractivity contribution in [2.45, 2.75) is 44.8 Å². The minimum atomic E-state index is 0.324. The molecule has 2 unspecified atom stereocenters. The summed E-state index contributed by atoms with van der Waals surface area (Å²) in [4.78, 5) is 7.19. The number of fused-ring (bicyclic) bond motifs is 5. The van der Waals surface area contributed by atoms with Crippen LogP contribution in [0.25, 0.3) is 0 Å². The molecule has 0 amide bonds. The highest BCUT2D eigenvalue weighted by molar-refractivity contribution is 6.30. The van der Waals surface area contributed by atoms with Crippen molar-refractivity contribution in [3.8, 4) is 11.5 Å². The number of aryl methyl sites for hydroxylation is 1. The zero-order valence-corrected chi connectivity index (χ0v) is 14.3. The Morgan fingerprint density at radius 3 is 2.92 bits per heavy atom. The Morgan fingerprint density at radius 1 is 1.21 bits per heavy atom. The molecule has 1 aromatic carbocycles. The largest absolute Gasteiger partial charge is 0.454 e. The summed E-state index contributed by atoms with van der Waals surface area (Å²) in [5.41, 5.74) is 5.11. The lowest BCUT2D eigenvalue weighted by molar-refractivity contribution is 0.165. The summed E-state index contributed by atoms with van der Waals surface area (Å²) in [7, 11) is 0. The Labute approximate surface area is 146 Å². The summed E-state index contributed by atoms with van der Waals surface area (Å²) in [5.74, 6) is 1.73. The van der Waals surface area contributed by atoms with Crippen molar-refractivity contribution in [1.29, 1.82) is 0 Å². The third-order valence-corrected chi connectivity index (χ3v) is 5.79. The SMILES string of the molecule is Cc1cc2c(cc1CN1C3CCC1c1cc(Cl)cnc1C3)OCO2. The van der Waals surface area contributed by atoms with Gasteiger partial charge in [0, 0.05) is 36.9 Å². The maximum absolute atomic E-state index is 6.20. The fourth-order valence-corrected chi connectivity index (χ4v) is 4.51. The molecule has 0 radical (unpaired) electrons. The van der Waals surface area contributed by atoms with Crippen LogP contribution in [-0.4, -0.2) is 22.7 Å². The lowest BCUT2D eigenvalue weighted by Gasteiger charge is -2.36. The van der Waals surface area contributed by atoms with E-state index in [2.05, 4.69) is 35.0 Å². The molecule has 1 aromatic heterocycles. The number of benzene rings is 1. The van der Waals surface area contributed by atoms with Crippen molar-refractivity contribution in [1.82, 2.24) is 9.88 Å². The van der Waals surface area contributed by atoms with Crippen LogP contribution in [0.5, 0.6) is 11.5 Å². The monoisotopic (exact) mass is 342 g/mol. The van der Waals surface area contributed by atoms with Gasteiger partial charge in [-0.25, -0.2) is 0 Å². The normalized spacial score (nSPS) is 24.2. The predicted octanol–water partition coefficient (Wildman–Crippen LogP) is 4.03. The maximum Gasteiger partial charge on any atom is 0.231 e. The predicted molar refractivity (Wildman–Crippen MR) is 91.6 cm³/mol. The Bertz CT molecular complexity index is 823. The first-order chi connectivity index (χ1) is 11.7. The van der Waals surface area contributed by atoms with Gasteiger partial charge in [0.15, 0.2) is 11.5 Å². The van der Waals surface area contributed by atoms with E-state index >= 15 is 0 Å². The van der Waals surface area contributed by atoms with E-state index in [9.17, 15) is 0 Å². The van der Waals surface area contributed by atoms with Crippen molar-refractivity contribution in [2.24, 2.45) is 0 Å². The molecule has 24 heavy (non-hydrogen) atoms. The summed E-state index contributed by atoms with van der Waals surface area (Å²) in [6, 6.07) is 7.34. The van der Waals surface area contributed by atoms with Gasteiger partial charge in [0.2, 0.25) is 6.79 Å². The smallest absolute Gasteiger partial charge is 0.231 e. The van der Waals surface area contributed by atoms with Gasteiger partial charge >= 0.3 is 0 Å². The molecule has 2 atom stereocenters. The van der Waals surface area contributed by atoms with Crippen LogP contribution in [0.4, 0.5) is 0 Å². The van der Waals surface area contributed by atoms with Crippen LogP contribution in [0.3, 0.4) is 0 Å². The first-order valence-corrected chi connectivity index (χ1v) is 8.86. The first kappa shape index (κ1) is 14.6. The van der Waals surface area contributed by atoms with E-state index in [1.807, 2.05) is 0 Å². The van der Waals surface area contributed by atoms with Crippen LogP contribution in [0.15, 0.2) is 24.4 Å². The van der Waals surface area contributed by atoms with Crippen LogP contribution in [-0.2, 0) is 13.0 Å². The second kappa shape index (κ2) is 5.36. The van der Waals surface area contributed by atoms with Crippen molar-refractivity contribution in [3.05, 3.63) is 51.8 Å². The summed E-state index contributed by atoms with van der Waals surface area (Å²) >= 11 is 6.20. The summed E-state index contributed by atoms with van der Waals surface area (Å²) in [5, 5.41) is 0.735. The molecule has 2 aromatic rings. The molecule has 1 saturated heterocycles. The second-order valence-corrected chi connectivity index (χ2v) is 7.38. The Kier molecular flexibility index (Phi) is 3.25. The molecule has 3 aliphatic heterocycles. The van der Waals surface area contributed by atoms with E-state index in [-0.39, 0.29) is 0 Å². The molecule has 5 rings (SSSR count). The number of pyridine rings is 1. The number of rotatable bonds is 2. The summed E-state index contributed by atoms with van der Waals surface area (Å²) < 4.78 is 11.0. The molecule has 0 N–H and O–H groups in total. The zero-order chi connectivity index (χ0) is 16.3. The lowest BCUT2D eigenvalue weighted by Crippen LogP contribution is -2.37. The molecule has 0 spiro atoms. The first-order valence-electron chi connectivity index (χ1n) is 8.48. The van der Waals surface area contributed by atoms with Crippen LogP contribution in [0.2, 0.25) is 5.02 Å². The van der Waals surface area contributed by atoms with Gasteiger partial charge in [-0.3, -0.25) is 9.88 Å². The highest BCUT2D eigenvalue weighted by Crippen LogP contribution is 2.45. The molecule has 5 heteroatoms. The van der Waals surface area contributed by atoms with Crippen LogP contribution >= 0.6 is 11.6 Å². The van der Waals surface area contributed by atoms with Gasteiger partial charge in [-0.1, -0.05) is 11.6 Å². The highest BCUT2D eigenvalue weighted by atomic mass is 35.5. The molecule has 0 aliphatic carbocycles. The third kappa shape index (κ3) is 2.20. The topological polar surface area (TPSA) is 34.6 Å². The Hall–Kier alpha value is -1.78. The van der Waals surface area contributed by atoms with Crippen molar-refractivity contribution < 1.29 is 9.47 Å². The van der Waals surface area contributed by atoms with Crippen LogP contribution in [0.1, 0.15) is 41.3 Å². The molecule has 2 bridgehead atoms. The Balaban J connectivity index is 1.48. The number of nitrogens with zero attached hydrogens (tertiary/aromatic N) is 2. The minimum Gasteiger partial charge on any atom is -0.454 e. The number of ether oxygens (including phenoxy) is 2. The number of aromatic nitrogens is 1. The molecule has 0 saturated carbocycles. The van der Waals surface area contributed by atoms with Crippen molar-refractivity contribution >= 4 is 11.6 Å². The third-order valence-electron chi connectivity index (χ3n) is 5.59. The van der Waals surface area contributed by atoms with E-state index in [0.29, 0.717) is 18.9 Å². The van der Waals surface area contributed by atoms with Gasteiger partial charge in [0.05, 0.1) is 5.02 Å². The van der Waals surface area contributed by atoms with Gasteiger partial charge in [0.1, 0.15) is 0 Å². The van der Waals surface area contributed by atoms with Crippen molar-refractivity contribution in [3.63, 3.8) is 0 Å². The minimum absolute atomic E-state index is 0.324. The van der Waals surface area contributed by atoms with E-state index in [1.54, 1.807) is 6.20 Å². The van der Waals surface area contributed by atoms with E-state index in [1.165, 1.54) is 35.2 Å². The van der Waals surface area contributed by atoms with Crippen LogP contribution in [0, 0.1) is 6.92 Å². The van der Waals surface area contributed by atoms with Gasteiger partial charge in [-0.05, 0) is 54.7 Å². The van der Waals surface area contributed by atoms with Gasteiger partial charge < -0.3 is 9.47 Å². The molecular weight excluding hydrogens is 324 g/mol. The molecule has 1 fully saturated rings. The average Bonchev–Trinajstić information content (AvgIpc) is 3.12.